The molecule has 0 aliphatic carbocycles. The van der Waals surface area contributed by atoms with Gasteiger partial charge in [-0.15, -0.1) is 0 Å². The Bertz CT molecular complexity index is 491. The molecule has 2 amide bonds. The highest BCUT2D eigenvalue weighted by molar-refractivity contribution is 5.95. The Hall–Kier alpha value is -1.92. The molecule has 21 heavy (non-hydrogen) atoms. The number of methoxy groups -OCH3 is 1. The highest BCUT2D eigenvalue weighted by atomic mass is 16.5. The van der Waals surface area contributed by atoms with E-state index < -0.39 is 6.04 Å². The number of amides is 2. The van der Waals surface area contributed by atoms with Crippen molar-refractivity contribution in [1.29, 1.82) is 0 Å². The maximum atomic E-state index is 12.0. The van der Waals surface area contributed by atoms with E-state index in [2.05, 4.69) is 5.32 Å². The monoisotopic (exact) mass is 293 g/mol. The van der Waals surface area contributed by atoms with Crippen molar-refractivity contribution >= 4 is 17.5 Å². The molecule has 116 valence electrons. The van der Waals surface area contributed by atoms with Gasteiger partial charge in [-0.1, -0.05) is 25.1 Å². The first kappa shape index (κ1) is 17.1. The summed E-state index contributed by atoms with van der Waals surface area (Å²) in [5.74, 6) is -0.577. The number of nitrogens with one attached hydrogen (secondary N) is 1. The van der Waals surface area contributed by atoms with E-state index in [0.717, 1.165) is 17.7 Å². The van der Waals surface area contributed by atoms with Crippen molar-refractivity contribution in [3.05, 3.63) is 29.8 Å². The van der Waals surface area contributed by atoms with Crippen LogP contribution in [0.4, 0.5) is 5.69 Å². The zero-order chi connectivity index (χ0) is 15.8. The fourth-order valence-corrected chi connectivity index (χ4v) is 1.97. The van der Waals surface area contributed by atoms with Gasteiger partial charge in [0, 0.05) is 19.8 Å². The number of ether oxygens (including phenoxy) is 1. The number of anilines is 1. The number of para-hydroxylation sites is 1. The second kappa shape index (κ2) is 8.39. The first-order valence-electron chi connectivity index (χ1n) is 6.86. The summed E-state index contributed by atoms with van der Waals surface area (Å²) in [6, 6.07) is 6.83. The predicted octanol–water partition coefficient (Wildman–Crippen LogP) is 0.620. The molecular formula is C15H23N3O3. The van der Waals surface area contributed by atoms with E-state index in [9.17, 15) is 9.59 Å². The second-order valence-corrected chi connectivity index (χ2v) is 4.82. The SMILES string of the molecule is CCc1ccccc1NC(=O)CN(C)C(=O)C(N)COC. The normalized spacial score (nSPS) is 11.8. The van der Waals surface area contributed by atoms with Crippen LogP contribution in [0.15, 0.2) is 24.3 Å². The Morgan fingerprint density at radius 1 is 1.38 bits per heavy atom. The lowest BCUT2D eigenvalue weighted by molar-refractivity contribution is -0.135. The van der Waals surface area contributed by atoms with Gasteiger partial charge in [0.05, 0.1) is 13.2 Å². The van der Waals surface area contributed by atoms with Crippen LogP contribution in [0.2, 0.25) is 0 Å². The summed E-state index contributed by atoms with van der Waals surface area (Å²) in [4.78, 5) is 25.2. The molecule has 1 aromatic rings. The van der Waals surface area contributed by atoms with Crippen LogP contribution >= 0.6 is 0 Å². The lowest BCUT2D eigenvalue weighted by Gasteiger charge is -2.20. The lowest BCUT2D eigenvalue weighted by Crippen LogP contribution is -2.46. The maximum absolute atomic E-state index is 12.0. The van der Waals surface area contributed by atoms with Gasteiger partial charge in [-0.25, -0.2) is 0 Å². The predicted molar refractivity (Wildman–Crippen MR) is 81.9 cm³/mol. The Labute approximate surface area is 125 Å². The zero-order valence-electron chi connectivity index (χ0n) is 12.8. The number of nitrogens with zero attached hydrogens (tertiary/aromatic N) is 1. The number of aryl methyl sites for hydroxylation is 1. The average Bonchev–Trinajstić information content (AvgIpc) is 2.47. The smallest absolute Gasteiger partial charge is 0.243 e. The highest BCUT2D eigenvalue weighted by Gasteiger charge is 2.20. The Balaban J connectivity index is 2.59. The summed E-state index contributed by atoms with van der Waals surface area (Å²) >= 11 is 0. The molecule has 1 rings (SSSR count). The van der Waals surface area contributed by atoms with E-state index in [1.807, 2.05) is 31.2 Å². The van der Waals surface area contributed by atoms with Crippen LogP contribution in [0.3, 0.4) is 0 Å². The van der Waals surface area contributed by atoms with E-state index in [-0.39, 0.29) is 25.0 Å². The van der Waals surface area contributed by atoms with Crippen LogP contribution < -0.4 is 11.1 Å². The van der Waals surface area contributed by atoms with Crippen molar-refractivity contribution in [2.45, 2.75) is 19.4 Å². The third-order valence-corrected chi connectivity index (χ3v) is 3.09. The van der Waals surface area contributed by atoms with Crippen LogP contribution in [0.1, 0.15) is 12.5 Å². The average molecular weight is 293 g/mol. The van der Waals surface area contributed by atoms with Gasteiger partial charge in [-0.3, -0.25) is 9.59 Å². The number of carbonyl (C=O) groups excluding carboxylic acids is 2. The van der Waals surface area contributed by atoms with Gasteiger partial charge in [0.15, 0.2) is 0 Å². The van der Waals surface area contributed by atoms with Crippen molar-refractivity contribution in [3.8, 4) is 0 Å². The molecule has 0 aromatic heterocycles. The van der Waals surface area contributed by atoms with Gasteiger partial charge in [0.1, 0.15) is 6.04 Å². The van der Waals surface area contributed by atoms with Crippen molar-refractivity contribution in [3.63, 3.8) is 0 Å². The summed E-state index contributed by atoms with van der Waals surface area (Å²) in [5.41, 5.74) is 7.48. The quantitative estimate of drug-likeness (QED) is 0.772. The van der Waals surface area contributed by atoms with Crippen molar-refractivity contribution < 1.29 is 14.3 Å². The first-order chi connectivity index (χ1) is 9.99. The second-order valence-electron chi connectivity index (χ2n) is 4.82. The van der Waals surface area contributed by atoms with Gasteiger partial charge in [0.2, 0.25) is 11.8 Å². The molecule has 1 atom stereocenters. The van der Waals surface area contributed by atoms with Crippen molar-refractivity contribution in [2.75, 3.05) is 32.6 Å². The standard InChI is InChI=1S/C15H23N3O3/c1-4-11-7-5-6-8-13(11)17-14(19)9-18(2)15(20)12(16)10-21-3/h5-8,12H,4,9-10,16H2,1-3H3,(H,17,19). The fourth-order valence-electron chi connectivity index (χ4n) is 1.97. The van der Waals surface area contributed by atoms with Crippen LogP contribution in [-0.4, -0.2) is 50.1 Å². The van der Waals surface area contributed by atoms with Crippen LogP contribution in [0.5, 0.6) is 0 Å². The largest absolute Gasteiger partial charge is 0.383 e. The number of benzene rings is 1. The summed E-state index contributed by atoms with van der Waals surface area (Å²) in [5, 5.41) is 2.81. The molecule has 1 aromatic carbocycles. The van der Waals surface area contributed by atoms with Crippen LogP contribution in [0, 0.1) is 0 Å². The third-order valence-electron chi connectivity index (χ3n) is 3.09. The molecular weight excluding hydrogens is 270 g/mol. The number of nitrogens with two attached hydrogens (primary N) is 1. The van der Waals surface area contributed by atoms with E-state index >= 15 is 0 Å². The minimum atomic E-state index is -0.754. The topological polar surface area (TPSA) is 84.7 Å². The van der Waals surface area contributed by atoms with Gasteiger partial charge in [0.25, 0.3) is 0 Å². The fraction of sp³-hybridized carbons (Fsp3) is 0.467. The molecule has 0 aliphatic rings. The molecule has 6 heteroatoms. The number of carbonyl (C=O) groups is 2. The third kappa shape index (κ3) is 5.17. The van der Waals surface area contributed by atoms with Gasteiger partial charge in [-0.05, 0) is 18.1 Å². The molecule has 0 spiro atoms. The molecule has 0 radical (unpaired) electrons. The number of rotatable bonds is 7. The molecule has 0 aliphatic heterocycles. The highest BCUT2D eigenvalue weighted by Crippen LogP contribution is 2.15. The van der Waals surface area contributed by atoms with Gasteiger partial charge in [-0.2, -0.15) is 0 Å². The van der Waals surface area contributed by atoms with E-state index in [0.29, 0.717) is 0 Å². The minimum Gasteiger partial charge on any atom is -0.383 e. The molecule has 0 bridgehead atoms. The van der Waals surface area contributed by atoms with E-state index in [1.54, 1.807) is 7.05 Å². The van der Waals surface area contributed by atoms with E-state index in [4.69, 9.17) is 10.5 Å². The Morgan fingerprint density at radius 3 is 2.67 bits per heavy atom. The maximum Gasteiger partial charge on any atom is 0.243 e. The number of hydrogen-bond acceptors (Lipinski definition) is 4. The summed E-state index contributed by atoms with van der Waals surface area (Å²) in [6.07, 6.45) is 0.823. The summed E-state index contributed by atoms with van der Waals surface area (Å²) in [7, 11) is 3.02. The number of hydrogen-bond donors (Lipinski definition) is 2. The van der Waals surface area contributed by atoms with Gasteiger partial charge < -0.3 is 20.7 Å². The Kier molecular flexibility index (Phi) is 6.84. The van der Waals surface area contributed by atoms with E-state index in [1.165, 1.54) is 12.0 Å². The number of likely N-dealkylation sites (N-methyl/N-ethyl adjacent to an activating group) is 1. The zero-order valence-corrected chi connectivity index (χ0v) is 12.8. The van der Waals surface area contributed by atoms with Gasteiger partial charge >= 0.3 is 0 Å². The molecule has 1 unspecified atom stereocenters. The van der Waals surface area contributed by atoms with Crippen molar-refractivity contribution in [2.24, 2.45) is 5.73 Å². The minimum absolute atomic E-state index is 0.0473. The van der Waals surface area contributed by atoms with Crippen LogP contribution in [-0.2, 0) is 20.7 Å². The first-order valence-corrected chi connectivity index (χ1v) is 6.86. The molecule has 0 saturated carbocycles. The molecule has 6 nitrogen and oxygen atoms in total. The Morgan fingerprint density at radius 2 is 2.05 bits per heavy atom. The molecule has 3 N–H and O–H groups in total. The molecule has 0 saturated heterocycles. The van der Waals surface area contributed by atoms with Crippen LogP contribution in [0.25, 0.3) is 0 Å². The van der Waals surface area contributed by atoms with Crippen molar-refractivity contribution in [1.82, 2.24) is 4.90 Å². The molecule has 0 fully saturated rings. The lowest BCUT2D eigenvalue weighted by atomic mass is 10.1. The molecule has 0 heterocycles. The summed E-state index contributed by atoms with van der Waals surface area (Å²) < 4.78 is 4.83. The summed E-state index contributed by atoms with van der Waals surface area (Å²) in [6.45, 7) is 2.10.